The number of aromatic hydroxyl groups is 1. The molecule has 0 atom stereocenters. The molecule has 0 aliphatic heterocycles. The number of phenols is 1. The Balaban J connectivity index is 1.80. The number of carbonyl (C=O) groups excluding carboxylic acids is 1. The zero-order valence-corrected chi connectivity index (χ0v) is 11.5. The average Bonchev–Trinajstić information content (AvgIpc) is 2.41. The fraction of sp³-hybridized carbons (Fsp3) is 0.133. The van der Waals surface area contributed by atoms with Crippen molar-refractivity contribution in [2.45, 2.75) is 11.3 Å². The van der Waals surface area contributed by atoms with E-state index in [4.69, 9.17) is 0 Å². The van der Waals surface area contributed by atoms with E-state index in [0.29, 0.717) is 5.75 Å². The van der Waals surface area contributed by atoms with E-state index in [-0.39, 0.29) is 23.8 Å². The summed E-state index contributed by atoms with van der Waals surface area (Å²) in [5, 5.41) is 11.8. The topological polar surface area (TPSA) is 49.3 Å². The van der Waals surface area contributed by atoms with Gasteiger partial charge in [0.2, 0.25) is 5.91 Å². The maximum absolute atomic E-state index is 13.3. The molecule has 2 rings (SSSR count). The minimum Gasteiger partial charge on any atom is -0.508 e. The van der Waals surface area contributed by atoms with E-state index in [1.165, 1.54) is 23.9 Å². The summed E-state index contributed by atoms with van der Waals surface area (Å²) in [6, 6.07) is 12.9. The van der Waals surface area contributed by atoms with Gasteiger partial charge < -0.3 is 10.4 Å². The summed E-state index contributed by atoms with van der Waals surface area (Å²) in [5.41, 5.74) is 0.194. The third kappa shape index (κ3) is 4.28. The molecule has 0 saturated carbocycles. The molecule has 5 heteroatoms. The lowest BCUT2D eigenvalue weighted by Gasteiger charge is -2.06. The van der Waals surface area contributed by atoms with Crippen molar-refractivity contribution >= 4 is 23.4 Å². The molecule has 2 N–H and O–H groups in total. The summed E-state index contributed by atoms with van der Waals surface area (Å²) in [7, 11) is 0. The van der Waals surface area contributed by atoms with Gasteiger partial charge in [0.15, 0.2) is 0 Å². The zero-order valence-electron chi connectivity index (χ0n) is 10.7. The smallest absolute Gasteiger partial charge is 0.225 e. The van der Waals surface area contributed by atoms with Crippen LogP contribution in [0.3, 0.4) is 0 Å². The number of benzene rings is 2. The second-order valence-corrected chi connectivity index (χ2v) is 5.29. The normalized spacial score (nSPS) is 10.2. The number of anilines is 1. The summed E-state index contributed by atoms with van der Waals surface area (Å²) in [6.07, 6.45) is 0.272. The van der Waals surface area contributed by atoms with Crippen molar-refractivity contribution in [2.75, 3.05) is 11.1 Å². The van der Waals surface area contributed by atoms with Gasteiger partial charge in [0.25, 0.3) is 0 Å². The van der Waals surface area contributed by atoms with Gasteiger partial charge in [0.1, 0.15) is 11.6 Å². The van der Waals surface area contributed by atoms with Gasteiger partial charge in [-0.15, -0.1) is 11.8 Å². The average molecular weight is 291 g/mol. The predicted molar refractivity (Wildman–Crippen MR) is 78.5 cm³/mol. The first-order valence-corrected chi connectivity index (χ1v) is 7.10. The van der Waals surface area contributed by atoms with Crippen LogP contribution < -0.4 is 5.32 Å². The van der Waals surface area contributed by atoms with E-state index in [1.54, 1.807) is 30.3 Å². The van der Waals surface area contributed by atoms with Crippen LogP contribution in [0.1, 0.15) is 6.42 Å². The van der Waals surface area contributed by atoms with E-state index in [0.717, 1.165) is 4.90 Å². The number of carbonyl (C=O) groups is 1. The molecule has 3 nitrogen and oxygen atoms in total. The first-order chi connectivity index (χ1) is 9.65. The third-order valence-electron chi connectivity index (χ3n) is 2.56. The standard InChI is InChI=1S/C15H14FNO2S/c16-13-6-1-2-7-14(13)17-15(19)8-9-20-12-5-3-4-11(18)10-12/h1-7,10,18H,8-9H2,(H,17,19). The van der Waals surface area contributed by atoms with Gasteiger partial charge in [-0.3, -0.25) is 4.79 Å². The molecule has 0 bridgehead atoms. The van der Waals surface area contributed by atoms with Crippen molar-refractivity contribution in [3.05, 3.63) is 54.3 Å². The zero-order chi connectivity index (χ0) is 14.4. The largest absolute Gasteiger partial charge is 0.508 e. The highest BCUT2D eigenvalue weighted by molar-refractivity contribution is 7.99. The molecule has 20 heavy (non-hydrogen) atoms. The van der Waals surface area contributed by atoms with E-state index in [9.17, 15) is 14.3 Å². The molecule has 0 unspecified atom stereocenters. The van der Waals surface area contributed by atoms with Crippen LogP contribution in [-0.4, -0.2) is 16.8 Å². The summed E-state index contributed by atoms with van der Waals surface area (Å²) < 4.78 is 13.3. The Labute approximate surface area is 120 Å². The highest BCUT2D eigenvalue weighted by Crippen LogP contribution is 2.22. The van der Waals surface area contributed by atoms with Crippen LogP contribution in [0.4, 0.5) is 10.1 Å². The molecule has 0 heterocycles. The quantitative estimate of drug-likeness (QED) is 0.827. The van der Waals surface area contributed by atoms with Crippen molar-refractivity contribution in [2.24, 2.45) is 0 Å². The van der Waals surface area contributed by atoms with E-state index >= 15 is 0 Å². The monoisotopic (exact) mass is 291 g/mol. The highest BCUT2D eigenvalue weighted by atomic mass is 32.2. The van der Waals surface area contributed by atoms with Gasteiger partial charge in [-0.2, -0.15) is 0 Å². The molecule has 0 fully saturated rings. The van der Waals surface area contributed by atoms with Crippen molar-refractivity contribution in [3.63, 3.8) is 0 Å². The lowest BCUT2D eigenvalue weighted by atomic mass is 10.3. The molecule has 0 radical (unpaired) electrons. The molecule has 1 amide bonds. The van der Waals surface area contributed by atoms with Crippen molar-refractivity contribution in [1.82, 2.24) is 0 Å². The van der Waals surface area contributed by atoms with Gasteiger partial charge in [-0.1, -0.05) is 18.2 Å². The van der Waals surface area contributed by atoms with E-state index < -0.39 is 5.82 Å². The molecule has 2 aromatic carbocycles. The lowest BCUT2D eigenvalue weighted by molar-refractivity contribution is -0.115. The van der Waals surface area contributed by atoms with Crippen LogP contribution >= 0.6 is 11.8 Å². The first kappa shape index (κ1) is 14.4. The molecule has 104 valence electrons. The van der Waals surface area contributed by atoms with Crippen LogP contribution in [-0.2, 0) is 4.79 Å². The lowest BCUT2D eigenvalue weighted by Crippen LogP contribution is -2.13. The SMILES string of the molecule is O=C(CCSc1cccc(O)c1)Nc1ccccc1F. The van der Waals surface area contributed by atoms with Gasteiger partial charge in [-0.05, 0) is 30.3 Å². The predicted octanol–water partition coefficient (Wildman–Crippen LogP) is 3.65. The van der Waals surface area contributed by atoms with Gasteiger partial charge >= 0.3 is 0 Å². The van der Waals surface area contributed by atoms with Crippen LogP contribution in [0, 0.1) is 5.82 Å². The Kier molecular flexibility index (Phi) is 5.01. The van der Waals surface area contributed by atoms with Gasteiger partial charge in [-0.25, -0.2) is 4.39 Å². The number of hydrogen-bond acceptors (Lipinski definition) is 3. The molecular weight excluding hydrogens is 277 g/mol. The third-order valence-corrected chi connectivity index (χ3v) is 3.56. The van der Waals surface area contributed by atoms with E-state index in [2.05, 4.69) is 5.32 Å². The summed E-state index contributed by atoms with van der Waals surface area (Å²) in [4.78, 5) is 12.6. The molecule has 0 aliphatic carbocycles. The Morgan fingerprint density at radius 2 is 2.00 bits per heavy atom. The molecule has 2 aromatic rings. The van der Waals surface area contributed by atoms with E-state index in [1.807, 2.05) is 6.07 Å². The number of rotatable bonds is 5. The Bertz CT molecular complexity index is 604. The minimum atomic E-state index is -0.443. The van der Waals surface area contributed by atoms with Crippen LogP contribution in [0.25, 0.3) is 0 Å². The molecule has 0 spiro atoms. The summed E-state index contributed by atoms with van der Waals surface area (Å²) in [5.74, 6) is 0.0825. The number of halogens is 1. The first-order valence-electron chi connectivity index (χ1n) is 6.11. The summed E-state index contributed by atoms with van der Waals surface area (Å²) in [6.45, 7) is 0. The number of hydrogen-bond donors (Lipinski definition) is 2. The minimum absolute atomic E-state index is 0.194. The maximum atomic E-state index is 13.3. The highest BCUT2D eigenvalue weighted by Gasteiger charge is 2.06. The van der Waals surface area contributed by atoms with Crippen molar-refractivity contribution in [3.8, 4) is 5.75 Å². The fourth-order valence-corrected chi connectivity index (χ4v) is 2.51. The Morgan fingerprint density at radius 1 is 1.20 bits per heavy atom. The number of nitrogens with one attached hydrogen (secondary N) is 1. The van der Waals surface area contributed by atoms with Crippen LogP contribution in [0.2, 0.25) is 0 Å². The molecule has 0 aliphatic rings. The summed E-state index contributed by atoms with van der Waals surface area (Å²) >= 11 is 1.46. The second-order valence-electron chi connectivity index (χ2n) is 4.12. The van der Waals surface area contributed by atoms with Crippen LogP contribution in [0.5, 0.6) is 5.75 Å². The van der Waals surface area contributed by atoms with Crippen molar-refractivity contribution in [1.29, 1.82) is 0 Å². The van der Waals surface area contributed by atoms with Gasteiger partial charge in [0.05, 0.1) is 5.69 Å². The Morgan fingerprint density at radius 3 is 2.75 bits per heavy atom. The Hall–Kier alpha value is -2.01. The molecule has 0 aromatic heterocycles. The maximum Gasteiger partial charge on any atom is 0.225 e. The number of para-hydroxylation sites is 1. The van der Waals surface area contributed by atoms with Crippen LogP contribution in [0.15, 0.2) is 53.4 Å². The van der Waals surface area contributed by atoms with Gasteiger partial charge in [0, 0.05) is 17.1 Å². The molecular formula is C15H14FNO2S. The fourth-order valence-electron chi connectivity index (χ4n) is 1.61. The number of thioether (sulfide) groups is 1. The second kappa shape index (κ2) is 6.96. The number of phenolic OH excluding ortho intramolecular Hbond substituents is 1. The number of amides is 1. The van der Waals surface area contributed by atoms with Crippen molar-refractivity contribution < 1.29 is 14.3 Å². The molecule has 0 saturated heterocycles.